The molecule has 3 heterocycles. The lowest BCUT2D eigenvalue weighted by Crippen LogP contribution is -2.14. The first-order valence-corrected chi connectivity index (χ1v) is 14.2. The van der Waals surface area contributed by atoms with Gasteiger partial charge in [-0.25, -0.2) is 4.98 Å². The highest BCUT2D eigenvalue weighted by Gasteiger charge is 2.24. The Kier molecular flexibility index (Phi) is 6.62. The summed E-state index contributed by atoms with van der Waals surface area (Å²) in [7, 11) is 0. The van der Waals surface area contributed by atoms with Crippen molar-refractivity contribution in [2.45, 2.75) is 25.2 Å². The highest BCUT2D eigenvalue weighted by atomic mass is 32.1. The van der Waals surface area contributed by atoms with E-state index in [2.05, 4.69) is 35.6 Å². The van der Waals surface area contributed by atoms with E-state index in [1.807, 2.05) is 23.6 Å². The molecule has 7 heteroatoms. The Bertz CT molecular complexity index is 1650. The van der Waals surface area contributed by atoms with E-state index in [0.29, 0.717) is 27.7 Å². The molecule has 1 aliphatic rings. The number of hydrogen-bond acceptors (Lipinski definition) is 6. The topological polar surface area (TPSA) is 85.1 Å². The number of thiophene rings is 2. The van der Waals surface area contributed by atoms with Crippen LogP contribution in [0.5, 0.6) is 0 Å². The number of pyridine rings is 1. The maximum atomic E-state index is 13.1. The SMILES string of the molecule is Nc1c(C(=O)Nc2ccc(C(=O)/C=C/c3cccs3)cc2)sc2nc3c(cc12)C[C@@H](c1ccccc1)CC3. The van der Waals surface area contributed by atoms with Crippen molar-refractivity contribution in [2.75, 3.05) is 11.1 Å². The van der Waals surface area contributed by atoms with Gasteiger partial charge in [-0.3, -0.25) is 9.59 Å². The number of rotatable bonds is 6. The number of carbonyl (C=O) groups excluding carboxylic acids is 2. The van der Waals surface area contributed by atoms with Gasteiger partial charge < -0.3 is 11.1 Å². The Labute approximate surface area is 228 Å². The molecule has 0 spiro atoms. The molecule has 2 aromatic carbocycles. The lowest BCUT2D eigenvalue weighted by atomic mass is 9.82. The smallest absolute Gasteiger partial charge is 0.267 e. The van der Waals surface area contributed by atoms with Gasteiger partial charge in [0.1, 0.15) is 9.71 Å². The van der Waals surface area contributed by atoms with Crippen LogP contribution >= 0.6 is 22.7 Å². The van der Waals surface area contributed by atoms with Crippen molar-refractivity contribution in [3.05, 3.63) is 116 Å². The Morgan fingerprint density at radius 2 is 1.84 bits per heavy atom. The number of nitrogens with one attached hydrogen (secondary N) is 1. The quantitative estimate of drug-likeness (QED) is 0.176. The van der Waals surface area contributed by atoms with E-state index in [9.17, 15) is 9.59 Å². The molecule has 1 amide bonds. The van der Waals surface area contributed by atoms with Gasteiger partial charge in [0, 0.05) is 27.2 Å². The molecule has 0 saturated carbocycles. The standard InChI is InChI=1S/C31H25N3O2S2/c32-28-25-18-22-17-21(19-5-2-1-3-6-19)10-14-26(22)34-31(25)38-29(28)30(36)33-23-11-8-20(9-12-23)27(35)15-13-24-7-4-16-37-24/h1-9,11-13,15-16,18,21H,10,14,17,32H2,(H,33,36)/b15-13+/t21-/m0/s1. The van der Waals surface area contributed by atoms with Crippen LogP contribution in [0, 0.1) is 0 Å². The molecule has 6 rings (SSSR count). The third-order valence-corrected chi connectivity index (χ3v) is 8.88. The molecule has 3 aromatic heterocycles. The number of aryl methyl sites for hydroxylation is 1. The second kappa shape index (κ2) is 10.4. The van der Waals surface area contributed by atoms with Crippen LogP contribution < -0.4 is 11.1 Å². The van der Waals surface area contributed by atoms with Crippen LogP contribution in [-0.2, 0) is 12.8 Å². The van der Waals surface area contributed by atoms with Crippen LogP contribution in [0.25, 0.3) is 16.3 Å². The molecule has 0 fully saturated rings. The van der Waals surface area contributed by atoms with Crippen molar-refractivity contribution in [1.82, 2.24) is 4.98 Å². The second-order valence-corrected chi connectivity index (χ2v) is 11.4. The number of nitrogens with zero attached hydrogens (tertiary/aromatic N) is 1. The van der Waals surface area contributed by atoms with Crippen molar-refractivity contribution in [3.8, 4) is 0 Å². The molecule has 0 bridgehead atoms. The molecule has 1 aliphatic carbocycles. The fraction of sp³-hybridized carbons (Fsp3) is 0.129. The van der Waals surface area contributed by atoms with Gasteiger partial charge in [-0.2, -0.15) is 0 Å². The van der Waals surface area contributed by atoms with Gasteiger partial charge in [0.15, 0.2) is 5.78 Å². The number of carbonyl (C=O) groups is 2. The number of benzene rings is 2. The molecule has 0 radical (unpaired) electrons. The zero-order chi connectivity index (χ0) is 26.1. The van der Waals surface area contributed by atoms with Crippen molar-refractivity contribution in [2.24, 2.45) is 0 Å². The minimum absolute atomic E-state index is 0.0884. The minimum atomic E-state index is -0.276. The molecule has 0 aliphatic heterocycles. The number of nitrogen functional groups attached to an aromatic ring is 1. The summed E-state index contributed by atoms with van der Waals surface area (Å²) in [4.78, 5) is 32.8. The maximum Gasteiger partial charge on any atom is 0.267 e. The molecular formula is C31H25N3O2S2. The Balaban J connectivity index is 1.18. The Morgan fingerprint density at radius 1 is 1.03 bits per heavy atom. The van der Waals surface area contributed by atoms with Crippen LogP contribution in [0.2, 0.25) is 0 Å². The number of ketones is 1. The van der Waals surface area contributed by atoms with Gasteiger partial charge in [-0.05, 0) is 90.2 Å². The van der Waals surface area contributed by atoms with E-state index in [1.54, 1.807) is 47.8 Å². The molecule has 0 saturated heterocycles. The van der Waals surface area contributed by atoms with Gasteiger partial charge in [-0.1, -0.05) is 36.4 Å². The fourth-order valence-corrected chi connectivity index (χ4v) is 6.52. The highest BCUT2D eigenvalue weighted by Crippen LogP contribution is 2.38. The molecule has 5 nitrogen and oxygen atoms in total. The van der Waals surface area contributed by atoms with Crippen molar-refractivity contribution < 1.29 is 9.59 Å². The number of allylic oxidation sites excluding steroid dienone is 1. The Morgan fingerprint density at radius 3 is 2.61 bits per heavy atom. The van der Waals surface area contributed by atoms with Crippen LogP contribution in [0.4, 0.5) is 11.4 Å². The van der Waals surface area contributed by atoms with E-state index >= 15 is 0 Å². The zero-order valence-corrected chi connectivity index (χ0v) is 22.1. The number of hydrogen-bond donors (Lipinski definition) is 2. The lowest BCUT2D eigenvalue weighted by Gasteiger charge is -2.24. The number of aromatic nitrogens is 1. The predicted octanol–water partition coefficient (Wildman–Crippen LogP) is 7.36. The van der Waals surface area contributed by atoms with Gasteiger partial charge in [0.2, 0.25) is 0 Å². The number of amides is 1. The summed E-state index contributed by atoms with van der Waals surface area (Å²) in [6.45, 7) is 0. The third kappa shape index (κ3) is 4.90. The molecule has 1 atom stereocenters. The first-order chi connectivity index (χ1) is 18.5. The molecule has 38 heavy (non-hydrogen) atoms. The van der Waals surface area contributed by atoms with Crippen LogP contribution in [0.3, 0.4) is 0 Å². The minimum Gasteiger partial charge on any atom is -0.397 e. The van der Waals surface area contributed by atoms with Gasteiger partial charge >= 0.3 is 0 Å². The summed E-state index contributed by atoms with van der Waals surface area (Å²) in [5.41, 5.74) is 11.8. The first kappa shape index (κ1) is 24.3. The highest BCUT2D eigenvalue weighted by molar-refractivity contribution is 7.21. The van der Waals surface area contributed by atoms with E-state index in [-0.39, 0.29) is 11.7 Å². The van der Waals surface area contributed by atoms with Crippen LogP contribution in [0.15, 0.2) is 84.3 Å². The summed E-state index contributed by atoms with van der Waals surface area (Å²) >= 11 is 2.90. The van der Waals surface area contributed by atoms with Gasteiger partial charge in [0.25, 0.3) is 5.91 Å². The van der Waals surface area contributed by atoms with E-state index in [0.717, 1.165) is 40.1 Å². The maximum absolute atomic E-state index is 13.1. The normalized spacial score (nSPS) is 15.0. The summed E-state index contributed by atoms with van der Waals surface area (Å²) in [6.07, 6.45) is 6.27. The lowest BCUT2D eigenvalue weighted by molar-refractivity contribution is 0.102. The van der Waals surface area contributed by atoms with E-state index in [4.69, 9.17) is 10.7 Å². The van der Waals surface area contributed by atoms with Crippen LogP contribution in [-0.4, -0.2) is 16.7 Å². The van der Waals surface area contributed by atoms with Crippen molar-refractivity contribution in [1.29, 1.82) is 0 Å². The van der Waals surface area contributed by atoms with Crippen molar-refractivity contribution >= 4 is 62.0 Å². The molecule has 0 unspecified atom stereocenters. The first-order valence-electron chi connectivity index (χ1n) is 12.5. The average Bonchev–Trinajstić information content (AvgIpc) is 3.59. The summed E-state index contributed by atoms with van der Waals surface area (Å²) in [5.74, 6) is 0.100. The summed E-state index contributed by atoms with van der Waals surface area (Å²) in [6, 6.07) is 23.5. The zero-order valence-electron chi connectivity index (χ0n) is 20.5. The van der Waals surface area contributed by atoms with E-state index in [1.165, 1.54) is 22.5 Å². The molecule has 5 aromatic rings. The van der Waals surface area contributed by atoms with Crippen molar-refractivity contribution in [3.63, 3.8) is 0 Å². The van der Waals surface area contributed by atoms with E-state index < -0.39 is 0 Å². The largest absolute Gasteiger partial charge is 0.397 e. The molecule has 188 valence electrons. The monoisotopic (exact) mass is 535 g/mol. The molecular weight excluding hydrogens is 510 g/mol. The number of nitrogens with two attached hydrogens (primary N) is 1. The van der Waals surface area contributed by atoms with Crippen LogP contribution in [0.1, 0.15) is 54.1 Å². The number of anilines is 2. The fourth-order valence-electron chi connectivity index (χ4n) is 4.91. The molecule has 3 N–H and O–H groups in total. The predicted molar refractivity (Wildman–Crippen MR) is 157 cm³/mol. The second-order valence-electron chi connectivity index (χ2n) is 9.39. The van der Waals surface area contributed by atoms with Gasteiger partial charge in [-0.15, -0.1) is 22.7 Å². The Hall–Kier alpha value is -4.07. The summed E-state index contributed by atoms with van der Waals surface area (Å²) < 4.78 is 0. The average molecular weight is 536 g/mol. The summed E-state index contributed by atoms with van der Waals surface area (Å²) in [5, 5.41) is 5.72. The van der Waals surface area contributed by atoms with Gasteiger partial charge in [0.05, 0.1) is 5.69 Å². The number of fused-ring (bicyclic) bond motifs is 2. The third-order valence-electron chi connectivity index (χ3n) is 6.93.